The Labute approximate surface area is 122 Å². The fraction of sp³-hybridized carbons (Fsp3) is 0.500. The fourth-order valence-electron chi connectivity index (χ4n) is 1.70. The van der Waals surface area contributed by atoms with Gasteiger partial charge in [0.1, 0.15) is 0 Å². The fourth-order valence-corrected chi connectivity index (χ4v) is 2.56. The Morgan fingerprint density at radius 2 is 2.17 bits per heavy atom. The van der Waals surface area contributed by atoms with E-state index in [9.17, 15) is 4.79 Å². The summed E-state index contributed by atoms with van der Waals surface area (Å²) in [5.74, 6) is 0.486. The molecule has 0 spiro atoms. The Morgan fingerprint density at radius 3 is 2.72 bits per heavy atom. The molecule has 18 heavy (non-hydrogen) atoms. The van der Waals surface area contributed by atoms with Crippen LogP contribution in [0.15, 0.2) is 22.7 Å². The van der Waals surface area contributed by atoms with Crippen molar-refractivity contribution in [3.8, 4) is 0 Å². The minimum absolute atomic E-state index is 0.0555. The van der Waals surface area contributed by atoms with Crippen molar-refractivity contribution in [1.82, 2.24) is 5.32 Å². The first kappa shape index (κ1) is 15.5. The van der Waals surface area contributed by atoms with E-state index >= 15 is 0 Å². The summed E-state index contributed by atoms with van der Waals surface area (Å²) in [6.45, 7) is 6.05. The first-order chi connectivity index (χ1) is 8.43. The highest BCUT2D eigenvalue weighted by molar-refractivity contribution is 9.10. The molecule has 0 fully saturated rings. The Hall–Kier alpha value is -0.540. The third-order valence-electron chi connectivity index (χ3n) is 3.28. The van der Waals surface area contributed by atoms with Crippen LogP contribution in [0.5, 0.6) is 0 Å². The quantitative estimate of drug-likeness (QED) is 0.801. The van der Waals surface area contributed by atoms with Gasteiger partial charge in [-0.2, -0.15) is 0 Å². The molecule has 0 aromatic heterocycles. The van der Waals surface area contributed by atoms with Gasteiger partial charge in [0.05, 0.1) is 5.56 Å². The monoisotopic (exact) mass is 331 g/mol. The van der Waals surface area contributed by atoms with E-state index in [0.717, 1.165) is 22.9 Å². The van der Waals surface area contributed by atoms with Crippen molar-refractivity contribution in [1.29, 1.82) is 0 Å². The normalized spacial score (nSPS) is 14.1. The molecule has 0 aliphatic rings. The summed E-state index contributed by atoms with van der Waals surface area (Å²) in [6, 6.07) is 5.68. The summed E-state index contributed by atoms with van der Waals surface area (Å²) in [4.78, 5) is 12.3. The zero-order valence-corrected chi connectivity index (χ0v) is 13.4. The summed E-state index contributed by atoms with van der Waals surface area (Å²) in [5.41, 5.74) is 1.48. The van der Waals surface area contributed by atoms with Crippen molar-refractivity contribution in [2.75, 3.05) is 5.88 Å². The second-order valence-electron chi connectivity index (χ2n) is 4.74. The lowest BCUT2D eigenvalue weighted by molar-refractivity contribution is 0.0900. The van der Waals surface area contributed by atoms with Gasteiger partial charge in [0, 0.05) is 15.9 Å². The molecule has 0 saturated carbocycles. The van der Waals surface area contributed by atoms with E-state index in [1.54, 1.807) is 0 Å². The summed E-state index contributed by atoms with van der Waals surface area (Å²) in [6.07, 6.45) is 1.62. The number of hydrogen-bond donors (Lipinski definition) is 1. The summed E-state index contributed by atoms with van der Waals surface area (Å²) in [5, 5.41) is 3.07. The van der Waals surface area contributed by atoms with E-state index in [4.69, 9.17) is 11.6 Å². The van der Waals surface area contributed by atoms with Crippen LogP contribution in [-0.2, 0) is 0 Å². The van der Waals surface area contributed by atoms with Crippen LogP contribution in [0, 0.1) is 6.92 Å². The number of rotatable bonds is 5. The number of amides is 1. The second-order valence-corrected chi connectivity index (χ2v) is 5.91. The first-order valence-electron chi connectivity index (χ1n) is 6.07. The number of halogens is 2. The molecule has 0 aliphatic heterocycles. The molecule has 0 saturated heterocycles. The average Bonchev–Trinajstić information content (AvgIpc) is 2.32. The van der Waals surface area contributed by atoms with Crippen LogP contribution < -0.4 is 5.32 Å². The number of carbonyl (C=O) groups is 1. The predicted molar refractivity (Wildman–Crippen MR) is 80.4 cm³/mol. The van der Waals surface area contributed by atoms with E-state index in [1.165, 1.54) is 0 Å². The predicted octanol–water partition coefficient (Wildman–Crippen LogP) is 4.28. The van der Waals surface area contributed by atoms with Crippen LogP contribution in [0.25, 0.3) is 0 Å². The van der Waals surface area contributed by atoms with Crippen molar-refractivity contribution >= 4 is 33.4 Å². The lowest BCUT2D eigenvalue weighted by atomic mass is 9.95. The van der Waals surface area contributed by atoms with Crippen molar-refractivity contribution in [3.63, 3.8) is 0 Å². The van der Waals surface area contributed by atoms with Gasteiger partial charge in [-0.1, -0.05) is 19.1 Å². The maximum absolute atomic E-state index is 12.3. The Kier molecular flexibility index (Phi) is 5.67. The standard InChI is InChI=1S/C14H19BrClNO/c1-4-14(3,8-9-16)17-13(18)11-7-5-6-10(2)12(11)15/h5-7H,4,8-9H2,1-3H3,(H,17,18). The minimum Gasteiger partial charge on any atom is -0.347 e. The zero-order valence-electron chi connectivity index (χ0n) is 11.0. The molecule has 100 valence electrons. The van der Waals surface area contributed by atoms with Gasteiger partial charge >= 0.3 is 0 Å². The van der Waals surface area contributed by atoms with Crippen LogP contribution in [-0.4, -0.2) is 17.3 Å². The van der Waals surface area contributed by atoms with Crippen molar-refractivity contribution in [2.24, 2.45) is 0 Å². The van der Waals surface area contributed by atoms with Crippen LogP contribution in [0.2, 0.25) is 0 Å². The van der Waals surface area contributed by atoms with Crippen molar-refractivity contribution in [2.45, 2.75) is 39.2 Å². The van der Waals surface area contributed by atoms with Crippen LogP contribution in [0.1, 0.15) is 42.6 Å². The molecule has 1 unspecified atom stereocenters. The van der Waals surface area contributed by atoms with Gasteiger partial charge < -0.3 is 5.32 Å². The van der Waals surface area contributed by atoms with Gasteiger partial charge in [-0.3, -0.25) is 4.79 Å². The van der Waals surface area contributed by atoms with E-state index in [-0.39, 0.29) is 11.4 Å². The van der Waals surface area contributed by atoms with Gasteiger partial charge in [0.15, 0.2) is 0 Å². The van der Waals surface area contributed by atoms with E-state index in [1.807, 2.05) is 32.0 Å². The molecule has 1 aromatic rings. The Morgan fingerprint density at radius 1 is 1.50 bits per heavy atom. The van der Waals surface area contributed by atoms with E-state index in [2.05, 4.69) is 28.2 Å². The van der Waals surface area contributed by atoms with E-state index in [0.29, 0.717) is 11.4 Å². The van der Waals surface area contributed by atoms with Crippen LogP contribution in [0.3, 0.4) is 0 Å². The van der Waals surface area contributed by atoms with Crippen LogP contribution >= 0.6 is 27.5 Å². The second kappa shape index (κ2) is 6.58. The SMILES string of the molecule is CCC(C)(CCCl)NC(=O)c1cccc(C)c1Br. The van der Waals surface area contributed by atoms with Crippen LogP contribution in [0.4, 0.5) is 0 Å². The first-order valence-corrected chi connectivity index (χ1v) is 7.40. The molecule has 1 N–H and O–H groups in total. The number of carbonyl (C=O) groups excluding carboxylic acids is 1. The van der Waals surface area contributed by atoms with Gasteiger partial charge in [-0.05, 0) is 54.2 Å². The molecular weight excluding hydrogens is 314 g/mol. The summed E-state index contributed by atoms with van der Waals surface area (Å²) >= 11 is 9.25. The van der Waals surface area contributed by atoms with E-state index < -0.39 is 0 Å². The number of benzene rings is 1. The topological polar surface area (TPSA) is 29.1 Å². The molecule has 0 radical (unpaired) electrons. The molecule has 2 nitrogen and oxygen atoms in total. The van der Waals surface area contributed by atoms with Gasteiger partial charge in [0.25, 0.3) is 5.91 Å². The van der Waals surface area contributed by atoms with Crippen molar-refractivity contribution < 1.29 is 4.79 Å². The number of nitrogens with one attached hydrogen (secondary N) is 1. The average molecular weight is 333 g/mol. The third kappa shape index (κ3) is 3.72. The van der Waals surface area contributed by atoms with Gasteiger partial charge in [0.2, 0.25) is 0 Å². The highest BCUT2D eigenvalue weighted by Gasteiger charge is 2.25. The third-order valence-corrected chi connectivity index (χ3v) is 4.52. The molecule has 0 heterocycles. The molecule has 1 atom stereocenters. The number of hydrogen-bond acceptors (Lipinski definition) is 1. The maximum atomic E-state index is 12.3. The molecule has 1 rings (SSSR count). The largest absolute Gasteiger partial charge is 0.347 e. The molecule has 0 aliphatic carbocycles. The summed E-state index contributed by atoms with van der Waals surface area (Å²) < 4.78 is 0.854. The maximum Gasteiger partial charge on any atom is 0.252 e. The van der Waals surface area contributed by atoms with Gasteiger partial charge in [-0.25, -0.2) is 0 Å². The molecule has 1 amide bonds. The molecule has 1 aromatic carbocycles. The minimum atomic E-state index is -0.248. The lowest BCUT2D eigenvalue weighted by Crippen LogP contribution is -2.46. The summed E-state index contributed by atoms with van der Waals surface area (Å²) in [7, 11) is 0. The smallest absolute Gasteiger partial charge is 0.252 e. The highest BCUT2D eigenvalue weighted by atomic mass is 79.9. The highest BCUT2D eigenvalue weighted by Crippen LogP contribution is 2.23. The Bertz CT molecular complexity index is 436. The number of aryl methyl sites for hydroxylation is 1. The molecule has 4 heteroatoms. The molecular formula is C14H19BrClNO. The lowest BCUT2D eigenvalue weighted by Gasteiger charge is -2.29. The van der Waals surface area contributed by atoms with Gasteiger partial charge in [-0.15, -0.1) is 11.6 Å². The zero-order chi connectivity index (χ0) is 13.8. The Balaban J connectivity index is 2.91. The number of alkyl halides is 1. The molecule has 0 bridgehead atoms. The van der Waals surface area contributed by atoms with Crippen molar-refractivity contribution in [3.05, 3.63) is 33.8 Å².